The Kier molecular flexibility index (Phi) is 12.8. The molecular formula is C16H27FIN3O3S. The van der Waals surface area contributed by atoms with Crippen LogP contribution in [0.15, 0.2) is 29.3 Å². The van der Waals surface area contributed by atoms with Crippen LogP contribution < -0.4 is 10.6 Å². The lowest BCUT2D eigenvalue weighted by molar-refractivity contribution is 0.157. The van der Waals surface area contributed by atoms with Crippen molar-refractivity contribution in [2.75, 3.05) is 44.9 Å². The fourth-order valence-electron chi connectivity index (χ4n) is 1.89. The number of sulfone groups is 1. The van der Waals surface area contributed by atoms with Crippen LogP contribution in [-0.4, -0.2) is 59.2 Å². The fourth-order valence-corrected chi connectivity index (χ4v) is 2.31. The van der Waals surface area contributed by atoms with Gasteiger partial charge in [0, 0.05) is 19.3 Å². The monoisotopic (exact) mass is 487 g/mol. The minimum absolute atomic E-state index is 0. The standard InChI is InChI=1S/C16H26FN3O3S.HI/c1-3-18-16(20-9-10-23-11-12-24(2,21)22)19-8-7-14-5-4-6-15(17)13-14;/h4-6,13H,3,7-12H2,1-2H3,(H2,18,19,20);1H. The van der Waals surface area contributed by atoms with E-state index < -0.39 is 9.84 Å². The zero-order chi connectivity index (χ0) is 17.8. The molecule has 6 nitrogen and oxygen atoms in total. The summed E-state index contributed by atoms with van der Waals surface area (Å²) in [6.45, 7) is 4.28. The summed E-state index contributed by atoms with van der Waals surface area (Å²) in [5.74, 6) is 0.433. The highest BCUT2D eigenvalue weighted by Gasteiger charge is 2.01. The maximum Gasteiger partial charge on any atom is 0.191 e. The molecule has 144 valence electrons. The molecule has 1 aromatic rings. The van der Waals surface area contributed by atoms with Crippen molar-refractivity contribution in [3.63, 3.8) is 0 Å². The molecule has 2 N–H and O–H groups in total. The third kappa shape index (κ3) is 13.0. The molecule has 1 rings (SSSR count). The van der Waals surface area contributed by atoms with Crippen molar-refractivity contribution in [2.24, 2.45) is 4.99 Å². The second kappa shape index (κ2) is 13.3. The number of rotatable bonds is 10. The number of aliphatic imine (C=N–C) groups is 1. The number of halogens is 2. The van der Waals surface area contributed by atoms with E-state index in [9.17, 15) is 12.8 Å². The fraction of sp³-hybridized carbons (Fsp3) is 0.562. The van der Waals surface area contributed by atoms with Crippen molar-refractivity contribution in [2.45, 2.75) is 13.3 Å². The van der Waals surface area contributed by atoms with E-state index in [2.05, 4.69) is 15.6 Å². The normalized spacial score (nSPS) is 11.7. The maximum absolute atomic E-state index is 13.1. The minimum atomic E-state index is -2.99. The summed E-state index contributed by atoms with van der Waals surface area (Å²) >= 11 is 0. The van der Waals surface area contributed by atoms with Gasteiger partial charge in [0.25, 0.3) is 0 Å². The number of hydrogen-bond acceptors (Lipinski definition) is 4. The molecule has 0 unspecified atom stereocenters. The second-order valence-electron chi connectivity index (χ2n) is 5.31. The van der Waals surface area contributed by atoms with Gasteiger partial charge in [-0.15, -0.1) is 24.0 Å². The third-order valence-electron chi connectivity index (χ3n) is 3.04. The summed E-state index contributed by atoms with van der Waals surface area (Å²) in [5, 5.41) is 6.28. The third-order valence-corrected chi connectivity index (χ3v) is 3.95. The van der Waals surface area contributed by atoms with Crippen molar-refractivity contribution in [1.29, 1.82) is 0 Å². The number of benzene rings is 1. The Balaban J connectivity index is 0.00000576. The van der Waals surface area contributed by atoms with Crippen LogP contribution in [0.25, 0.3) is 0 Å². The zero-order valence-corrected chi connectivity index (χ0v) is 17.8. The summed E-state index contributed by atoms with van der Waals surface area (Å²) in [6, 6.07) is 6.51. The molecule has 0 aliphatic rings. The number of guanidine groups is 1. The average Bonchev–Trinajstić information content (AvgIpc) is 2.49. The molecule has 9 heteroatoms. The molecule has 0 heterocycles. The van der Waals surface area contributed by atoms with Crippen molar-refractivity contribution in [3.8, 4) is 0 Å². The van der Waals surface area contributed by atoms with E-state index in [4.69, 9.17) is 4.74 Å². The van der Waals surface area contributed by atoms with E-state index in [1.54, 1.807) is 6.07 Å². The van der Waals surface area contributed by atoms with Crippen LogP contribution in [0.1, 0.15) is 12.5 Å². The highest BCUT2D eigenvalue weighted by molar-refractivity contribution is 14.0. The maximum atomic E-state index is 13.1. The number of nitrogens with zero attached hydrogens (tertiary/aromatic N) is 1. The Morgan fingerprint density at radius 3 is 2.68 bits per heavy atom. The van der Waals surface area contributed by atoms with Crippen molar-refractivity contribution in [3.05, 3.63) is 35.6 Å². The van der Waals surface area contributed by atoms with Gasteiger partial charge in [0.05, 0.1) is 25.5 Å². The van der Waals surface area contributed by atoms with Crippen LogP contribution in [0.4, 0.5) is 4.39 Å². The molecule has 0 aliphatic carbocycles. The second-order valence-corrected chi connectivity index (χ2v) is 7.57. The lowest BCUT2D eigenvalue weighted by Crippen LogP contribution is -2.38. The Morgan fingerprint density at radius 2 is 2.04 bits per heavy atom. The largest absolute Gasteiger partial charge is 0.378 e. The zero-order valence-electron chi connectivity index (χ0n) is 14.6. The van der Waals surface area contributed by atoms with Crippen molar-refractivity contribution >= 4 is 39.8 Å². The summed E-state index contributed by atoms with van der Waals surface area (Å²) in [5.41, 5.74) is 0.919. The number of hydrogen-bond donors (Lipinski definition) is 2. The Morgan fingerprint density at radius 1 is 1.28 bits per heavy atom. The highest BCUT2D eigenvalue weighted by atomic mass is 127. The molecule has 0 bridgehead atoms. The predicted molar refractivity (Wildman–Crippen MR) is 110 cm³/mol. The van der Waals surface area contributed by atoms with Gasteiger partial charge in [-0.1, -0.05) is 12.1 Å². The first-order valence-electron chi connectivity index (χ1n) is 7.93. The van der Waals surface area contributed by atoms with E-state index in [1.165, 1.54) is 18.4 Å². The lowest BCUT2D eigenvalue weighted by atomic mass is 10.1. The van der Waals surface area contributed by atoms with Crippen molar-refractivity contribution < 1.29 is 17.5 Å². The van der Waals surface area contributed by atoms with Gasteiger partial charge >= 0.3 is 0 Å². The van der Waals surface area contributed by atoms with Crippen LogP contribution in [0.3, 0.4) is 0 Å². The van der Waals surface area contributed by atoms with Gasteiger partial charge in [0.2, 0.25) is 0 Å². The van der Waals surface area contributed by atoms with Gasteiger partial charge in [0.15, 0.2) is 5.96 Å². The lowest BCUT2D eigenvalue weighted by Gasteiger charge is -2.11. The molecule has 0 aliphatic heterocycles. The number of nitrogens with one attached hydrogen (secondary N) is 2. The molecular weight excluding hydrogens is 460 g/mol. The summed E-state index contributed by atoms with van der Waals surface area (Å²) in [7, 11) is -2.99. The smallest absolute Gasteiger partial charge is 0.191 e. The van der Waals surface area contributed by atoms with Crippen LogP contribution in [0.5, 0.6) is 0 Å². The van der Waals surface area contributed by atoms with Crippen LogP contribution in [0, 0.1) is 5.82 Å². The van der Waals surface area contributed by atoms with Crippen molar-refractivity contribution in [1.82, 2.24) is 10.6 Å². The van der Waals surface area contributed by atoms with E-state index in [0.717, 1.165) is 12.1 Å². The molecule has 0 aromatic heterocycles. The van der Waals surface area contributed by atoms with E-state index >= 15 is 0 Å². The first-order valence-corrected chi connectivity index (χ1v) is 9.99. The summed E-state index contributed by atoms with van der Waals surface area (Å²) in [4.78, 5) is 4.34. The van der Waals surface area contributed by atoms with Gasteiger partial charge in [-0.25, -0.2) is 12.8 Å². The van der Waals surface area contributed by atoms with Gasteiger partial charge in [-0.2, -0.15) is 0 Å². The Hall–Kier alpha value is -0.940. The first-order chi connectivity index (χ1) is 11.4. The predicted octanol–water partition coefficient (Wildman–Crippen LogP) is 1.60. The van der Waals surface area contributed by atoms with Gasteiger partial charge in [-0.3, -0.25) is 4.99 Å². The molecule has 0 fully saturated rings. The molecule has 25 heavy (non-hydrogen) atoms. The Bertz CT molecular complexity index is 627. The van der Waals surface area contributed by atoms with Crippen LogP contribution >= 0.6 is 24.0 Å². The van der Waals surface area contributed by atoms with Gasteiger partial charge < -0.3 is 15.4 Å². The summed E-state index contributed by atoms with van der Waals surface area (Å²) < 4.78 is 40.3. The first kappa shape index (κ1) is 24.1. The van der Waals surface area contributed by atoms with Gasteiger partial charge in [-0.05, 0) is 31.0 Å². The average molecular weight is 487 g/mol. The molecule has 0 saturated carbocycles. The summed E-state index contributed by atoms with van der Waals surface area (Å²) in [6.07, 6.45) is 1.87. The van der Waals surface area contributed by atoms with E-state index in [1.807, 2.05) is 13.0 Å². The van der Waals surface area contributed by atoms with Gasteiger partial charge in [0.1, 0.15) is 15.7 Å². The molecule has 0 spiro atoms. The van der Waals surface area contributed by atoms with E-state index in [-0.39, 0.29) is 42.2 Å². The quantitative estimate of drug-likeness (QED) is 0.227. The molecule has 0 radical (unpaired) electrons. The highest BCUT2D eigenvalue weighted by Crippen LogP contribution is 2.03. The minimum Gasteiger partial charge on any atom is -0.378 e. The SMILES string of the molecule is CCNC(=NCCOCCS(C)(=O)=O)NCCc1cccc(F)c1.I. The molecule has 0 atom stereocenters. The molecule has 0 saturated heterocycles. The molecule has 0 amide bonds. The topological polar surface area (TPSA) is 79.8 Å². The van der Waals surface area contributed by atoms with Crippen LogP contribution in [-0.2, 0) is 21.0 Å². The molecule has 1 aromatic carbocycles. The number of ether oxygens (including phenoxy) is 1. The Labute approximate surface area is 166 Å². The van der Waals surface area contributed by atoms with E-state index in [0.29, 0.717) is 32.1 Å². The van der Waals surface area contributed by atoms with Crippen LogP contribution in [0.2, 0.25) is 0 Å².